The average Bonchev–Trinajstić information content (AvgIpc) is 2.76. The van der Waals surface area contributed by atoms with Crippen LogP contribution in [0.25, 0.3) is 0 Å². The van der Waals surface area contributed by atoms with Crippen LogP contribution >= 0.6 is 0 Å². The second kappa shape index (κ2) is 9.47. The summed E-state index contributed by atoms with van der Waals surface area (Å²) in [6.07, 6.45) is 1.46. The van der Waals surface area contributed by atoms with Crippen molar-refractivity contribution in [2.24, 2.45) is 0 Å². The van der Waals surface area contributed by atoms with E-state index in [1.807, 2.05) is 6.92 Å². The Balaban J connectivity index is 1.82. The molecule has 9 heteroatoms. The van der Waals surface area contributed by atoms with Gasteiger partial charge >= 0.3 is 0 Å². The van der Waals surface area contributed by atoms with Crippen molar-refractivity contribution in [1.29, 1.82) is 0 Å². The number of amides is 1. The molecule has 1 aliphatic rings. The smallest absolute Gasteiger partial charge is 0.251 e. The predicted octanol–water partition coefficient (Wildman–Crippen LogP) is 2.88. The molecule has 2 aromatic carbocycles. The monoisotopic (exact) mass is 448 g/mol. The minimum atomic E-state index is -3.36. The summed E-state index contributed by atoms with van der Waals surface area (Å²) in [5, 5.41) is 2.87. The number of nitrogens with zero attached hydrogens (tertiary/aromatic N) is 1. The molecule has 31 heavy (non-hydrogen) atoms. The largest absolute Gasteiger partial charge is 0.493 e. The van der Waals surface area contributed by atoms with Gasteiger partial charge in [0.05, 0.1) is 32.8 Å². The van der Waals surface area contributed by atoms with Gasteiger partial charge in [0.25, 0.3) is 5.91 Å². The number of hydrogen-bond acceptors (Lipinski definition) is 6. The van der Waals surface area contributed by atoms with E-state index in [0.29, 0.717) is 41.5 Å². The number of anilines is 1. The van der Waals surface area contributed by atoms with Crippen LogP contribution in [0.3, 0.4) is 0 Å². The zero-order chi connectivity index (χ0) is 22.6. The van der Waals surface area contributed by atoms with Crippen molar-refractivity contribution in [1.82, 2.24) is 5.32 Å². The molecule has 1 heterocycles. The second-order valence-electron chi connectivity index (χ2n) is 7.27. The Morgan fingerprint density at radius 1 is 1.03 bits per heavy atom. The minimum absolute atomic E-state index is 0.127. The Morgan fingerprint density at radius 3 is 2.42 bits per heavy atom. The van der Waals surface area contributed by atoms with E-state index >= 15 is 0 Å². The van der Waals surface area contributed by atoms with E-state index in [1.165, 1.54) is 25.6 Å². The standard InChI is InChI=1S/C22H28N2O6S/c1-15-7-8-16(13-18(15)24-11-5-6-12-31(24,26)27)22(25)23-14-17-9-10-19(28-2)21(30-4)20(17)29-3/h7-10,13H,5-6,11-12,14H2,1-4H3,(H,23,25). The number of hydrogen-bond donors (Lipinski definition) is 1. The van der Waals surface area contributed by atoms with Crippen molar-refractivity contribution in [3.8, 4) is 17.2 Å². The van der Waals surface area contributed by atoms with Crippen LogP contribution in [-0.4, -0.2) is 48.0 Å². The van der Waals surface area contributed by atoms with Crippen molar-refractivity contribution >= 4 is 21.6 Å². The third-order valence-electron chi connectivity index (χ3n) is 5.31. The summed E-state index contributed by atoms with van der Waals surface area (Å²) in [5.41, 5.74) is 2.47. The molecule has 0 aromatic heterocycles. The van der Waals surface area contributed by atoms with E-state index in [1.54, 1.807) is 30.3 Å². The van der Waals surface area contributed by atoms with Gasteiger partial charge in [-0.1, -0.05) is 6.07 Å². The number of methoxy groups -OCH3 is 3. The molecule has 8 nitrogen and oxygen atoms in total. The summed E-state index contributed by atoms with van der Waals surface area (Å²) >= 11 is 0. The molecule has 1 fully saturated rings. The summed E-state index contributed by atoms with van der Waals surface area (Å²) in [7, 11) is 1.22. The van der Waals surface area contributed by atoms with Crippen LogP contribution < -0.4 is 23.8 Å². The van der Waals surface area contributed by atoms with Crippen LogP contribution in [0.5, 0.6) is 17.2 Å². The fourth-order valence-corrected chi connectivity index (χ4v) is 5.35. The second-order valence-corrected chi connectivity index (χ2v) is 9.29. The van der Waals surface area contributed by atoms with Crippen molar-refractivity contribution in [2.45, 2.75) is 26.3 Å². The summed E-state index contributed by atoms with van der Waals surface area (Å²) in [6.45, 7) is 2.47. The average molecular weight is 449 g/mol. The molecular formula is C22H28N2O6S. The zero-order valence-electron chi connectivity index (χ0n) is 18.2. The van der Waals surface area contributed by atoms with Crippen LogP contribution in [0.2, 0.25) is 0 Å². The van der Waals surface area contributed by atoms with E-state index in [2.05, 4.69) is 5.32 Å². The maximum atomic E-state index is 12.8. The number of carbonyl (C=O) groups excluding carboxylic acids is 1. The predicted molar refractivity (Wildman–Crippen MR) is 119 cm³/mol. The summed E-state index contributed by atoms with van der Waals surface area (Å²) in [5.74, 6) is 1.27. The van der Waals surface area contributed by atoms with Crippen molar-refractivity contribution in [3.63, 3.8) is 0 Å². The van der Waals surface area contributed by atoms with Gasteiger partial charge in [-0.15, -0.1) is 0 Å². The molecule has 0 bridgehead atoms. The number of rotatable bonds is 7. The van der Waals surface area contributed by atoms with Gasteiger partial charge < -0.3 is 19.5 Å². The molecule has 0 spiro atoms. The molecule has 0 atom stereocenters. The third kappa shape index (κ3) is 4.71. The first-order chi connectivity index (χ1) is 14.8. The number of sulfonamides is 1. The van der Waals surface area contributed by atoms with Crippen molar-refractivity contribution in [3.05, 3.63) is 47.0 Å². The van der Waals surface area contributed by atoms with Gasteiger partial charge in [0.15, 0.2) is 11.5 Å². The van der Waals surface area contributed by atoms with Gasteiger partial charge in [0.2, 0.25) is 15.8 Å². The highest BCUT2D eigenvalue weighted by atomic mass is 32.2. The topological polar surface area (TPSA) is 94.2 Å². The Hall–Kier alpha value is -2.94. The van der Waals surface area contributed by atoms with Crippen LogP contribution in [-0.2, 0) is 16.6 Å². The lowest BCUT2D eigenvalue weighted by molar-refractivity contribution is 0.0950. The number of ether oxygens (including phenoxy) is 3. The number of aryl methyl sites for hydroxylation is 1. The van der Waals surface area contributed by atoms with Crippen molar-refractivity contribution in [2.75, 3.05) is 37.9 Å². The zero-order valence-corrected chi connectivity index (χ0v) is 19.0. The van der Waals surface area contributed by atoms with Crippen LogP contribution in [0, 0.1) is 6.92 Å². The Kier molecular flexibility index (Phi) is 6.94. The number of nitrogens with one attached hydrogen (secondary N) is 1. The fraction of sp³-hybridized carbons (Fsp3) is 0.409. The van der Waals surface area contributed by atoms with Crippen LogP contribution in [0.1, 0.15) is 34.3 Å². The molecule has 0 saturated carbocycles. The molecule has 0 unspecified atom stereocenters. The lowest BCUT2D eigenvalue weighted by Crippen LogP contribution is -2.38. The van der Waals surface area contributed by atoms with Crippen LogP contribution in [0.4, 0.5) is 5.69 Å². The van der Waals surface area contributed by atoms with E-state index in [-0.39, 0.29) is 18.2 Å². The molecule has 1 aliphatic heterocycles. The van der Waals surface area contributed by atoms with E-state index < -0.39 is 10.0 Å². The third-order valence-corrected chi connectivity index (χ3v) is 7.17. The molecule has 2 aromatic rings. The molecular weight excluding hydrogens is 420 g/mol. The Bertz CT molecular complexity index is 1070. The summed E-state index contributed by atoms with van der Waals surface area (Å²) < 4.78 is 42.5. The molecule has 168 valence electrons. The van der Waals surface area contributed by atoms with E-state index in [9.17, 15) is 13.2 Å². The first-order valence-electron chi connectivity index (χ1n) is 9.99. The van der Waals surface area contributed by atoms with E-state index in [4.69, 9.17) is 14.2 Å². The summed E-state index contributed by atoms with van der Waals surface area (Å²) in [4.78, 5) is 12.8. The highest BCUT2D eigenvalue weighted by Crippen LogP contribution is 2.39. The quantitative estimate of drug-likeness (QED) is 0.700. The minimum Gasteiger partial charge on any atom is -0.493 e. The maximum Gasteiger partial charge on any atom is 0.251 e. The first-order valence-corrected chi connectivity index (χ1v) is 11.6. The van der Waals surface area contributed by atoms with Gasteiger partial charge in [-0.3, -0.25) is 9.10 Å². The van der Waals surface area contributed by atoms with Gasteiger partial charge in [-0.05, 0) is 49.6 Å². The molecule has 1 saturated heterocycles. The highest BCUT2D eigenvalue weighted by molar-refractivity contribution is 7.92. The normalized spacial score (nSPS) is 15.3. The first kappa shape index (κ1) is 22.7. The highest BCUT2D eigenvalue weighted by Gasteiger charge is 2.27. The SMILES string of the molecule is COc1ccc(CNC(=O)c2ccc(C)c(N3CCCCS3(=O)=O)c2)c(OC)c1OC. The van der Waals surface area contributed by atoms with E-state index in [0.717, 1.165) is 17.5 Å². The summed E-state index contributed by atoms with van der Waals surface area (Å²) in [6, 6.07) is 8.64. The molecule has 3 rings (SSSR count). The lowest BCUT2D eigenvalue weighted by atomic mass is 10.1. The van der Waals surface area contributed by atoms with Gasteiger partial charge in [0.1, 0.15) is 0 Å². The Morgan fingerprint density at radius 2 is 1.77 bits per heavy atom. The number of benzene rings is 2. The van der Waals surface area contributed by atoms with Gasteiger partial charge in [-0.25, -0.2) is 8.42 Å². The van der Waals surface area contributed by atoms with Crippen molar-refractivity contribution < 1.29 is 27.4 Å². The fourth-order valence-electron chi connectivity index (χ4n) is 3.66. The van der Waals surface area contributed by atoms with Gasteiger partial charge in [0, 0.05) is 24.2 Å². The number of carbonyl (C=O) groups is 1. The van der Waals surface area contributed by atoms with Crippen LogP contribution in [0.15, 0.2) is 30.3 Å². The molecule has 0 radical (unpaired) electrons. The lowest BCUT2D eigenvalue weighted by Gasteiger charge is -2.29. The Labute approximate surface area is 183 Å². The molecule has 0 aliphatic carbocycles. The molecule has 1 amide bonds. The molecule has 1 N–H and O–H groups in total. The van der Waals surface area contributed by atoms with Gasteiger partial charge in [-0.2, -0.15) is 0 Å². The maximum absolute atomic E-state index is 12.8.